The molecule has 1 atom stereocenters. The molecule has 4 nitrogen and oxygen atoms in total. The van der Waals surface area contributed by atoms with E-state index in [-0.39, 0.29) is 11.7 Å². The fourth-order valence-electron chi connectivity index (χ4n) is 3.88. The van der Waals surface area contributed by atoms with Crippen LogP contribution in [0.25, 0.3) is 0 Å². The summed E-state index contributed by atoms with van der Waals surface area (Å²) in [7, 11) is 0. The van der Waals surface area contributed by atoms with Crippen molar-refractivity contribution >= 4 is 11.5 Å². The van der Waals surface area contributed by atoms with Crippen molar-refractivity contribution in [1.29, 1.82) is 0 Å². The van der Waals surface area contributed by atoms with Crippen molar-refractivity contribution in [3.63, 3.8) is 0 Å². The van der Waals surface area contributed by atoms with Gasteiger partial charge in [-0.1, -0.05) is 18.0 Å². The summed E-state index contributed by atoms with van der Waals surface area (Å²) in [5, 5.41) is 11.6. The van der Waals surface area contributed by atoms with E-state index in [2.05, 4.69) is 10.1 Å². The molecule has 2 fully saturated rings. The Labute approximate surface area is 124 Å². The first-order chi connectivity index (χ1) is 10.2. The SMILES string of the molecule is NC(=NO)c1ccc(N2CCCC2C2CCCC2)c(F)c1. The second kappa shape index (κ2) is 5.92. The molecule has 1 aromatic rings. The van der Waals surface area contributed by atoms with Gasteiger partial charge in [0.25, 0.3) is 0 Å². The van der Waals surface area contributed by atoms with E-state index in [1.54, 1.807) is 12.1 Å². The Morgan fingerprint density at radius 3 is 2.67 bits per heavy atom. The zero-order valence-electron chi connectivity index (χ0n) is 12.1. The molecule has 0 spiro atoms. The summed E-state index contributed by atoms with van der Waals surface area (Å²) in [6, 6.07) is 5.30. The number of anilines is 1. The summed E-state index contributed by atoms with van der Waals surface area (Å²) >= 11 is 0. The van der Waals surface area contributed by atoms with Crippen LogP contribution in [0.5, 0.6) is 0 Å². The number of halogens is 1. The maximum absolute atomic E-state index is 14.4. The third-order valence-electron chi connectivity index (χ3n) is 4.90. The Hall–Kier alpha value is -1.78. The molecule has 0 radical (unpaired) electrons. The zero-order valence-corrected chi connectivity index (χ0v) is 12.1. The van der Waals surface area contributed by atoms with E-state index in [0.717, 1.165) is 19.4 Å². The number of rotatable bonds is 3. The lowest BCUT2D eigenvalue weighted by Gasteiger charge is -2.31. The minimum absolute atomic E-state index is 0.0609. The van der Waals surface area contributed by atoms with Gasteiger partial charge in [0.1, 0.15) is 5.82 Å². The van der Waals surface area contributed by atoms with Crippen LogP contribution in [0.1, 0.15) is 44.1 Å². The average molecular weight is 291 g/mol. The Morgan fingerprint density at radius 2 is 2.00 bits per heavy atom. The molecule has 5 heteroatoms. The van der Waals surface area contributed by atoms with Gasteiger partial charge in [-0.3, -0.25) is 0 Å². The van der Waals surface area contributed by atoms with Crippen LogP contribution in [0.2, 0.25) is 0 Å². The Balaban J connectivity index is 1.85. The van der Waals surface area contributed by atoms with Crippen LogP contribution in [0.4, 0.5) is 10.1 Å². The maximum atomic E-state index is 14.4. The van der Waals surface area contributed by atoms with E-state index in [1.807, 2.05) is 0 Å². The van der Waals surface area contributed by atoms with Crippen molar-refractivity contribution in [3.05, 3.63) is 29.6 Å². The third kappa shape index (κ3) is 2.69. The fraction of sp³-hybridized carbons (Fsp3) is 0.562. The molecule has 0 aromatic heterocycles. The van der Waals surface area contributed by atoms with E-state index >= 15 is 0 Å². The highest BCUT2D eigenvalue weighted by Crippen LogP contribution is 2.38. The van der Waals surface area contributed by atoms with E-state index in [9.17, 15) is 4.39 Å². The molecule has 1 heterocycles. The number of amidine groups is 1. The lowest BCUT2D eigenvalue weighted by atomic mass is 9.95. The average Bonchev–Trinajstić information content (AvgIpc) is 3.16. The van der Waals surface area contributed by atoms with Crippen LogP contribution in [0.3, 0.4) is 0 Å². The lowest BCUT2D eigenvalue weighted by molar-refractivity contribution is 0.318. The molecule has 0 bridgehead atoms. The van der Waals surface area contributed by atoms with Crippen LogP contribution in [-0.2, 0) is 0 Å². The minimum Gasteiger partial charge on any atom is -0.409 e. The summed E-state index contributed by atoms with van der Waals surface area (Å²) < 4.78 is 14.4. The molecule has 1 aromatic carbocycles. The molecule has 3 rings (SSSR count). The van der Waals surface area contributed by atoms with Crippen LogP contribution >= 0.6 is 0 Å². The number of nitrogens with two attached hydrogens (primary N) is 1. The lowest BCUT2D eigenvalue weighted by Crippen LogP contribution is -2.35. The largest absolute Gasteiger partial charge is 0.409 e. The number of hydrogen-bond donors (Lipinski definition) is 2. The Bertz CT molecular complexity index is 540. The Kier molecular flexibility index (Phi) is 3.99. The first-order valence-electron chi connectivity index (χ1n) is 7.75. The van der Waals surface area contributed by atoms with Crippen LogP contribution in [-0.4, -0.2) is 23.6 Å². The van der Waals surface area contributed by atoms with E-state index in [0.29, 0.717) is 23.2 Å². The van der Waals surface area contributed by atoms with E-state index < -0.39 is 0 Å². The summed E-state index contributed by atoms with van der Waals surface area (Å²) in [6.07, 6.45) is 7.44. The summed E-state index contributed by atoms with van der Waals surface area (Å²) in [6.45, 7) is 0.918. The fourth-order valence-corrected chi connectivity index (χ4v) is 3.88. The molecule has 1 unspecified atom stereocenters. The van der Waals surface area contributed by atoms with Crippen LogP contribution < -0.4 is 10.6 Å². The van der Waals surface area contributed by atoms with E-state index in [4.69, 9.17) is 10.9 Å². The highest BCUT2D eigenvalue weighted by Gasteiger charge is 2.34. The van der Waals surface area contributed by atoms with Crippen molar-refractivity contribution < 1.29 is 9.60 Å². The first-order valence-corrected chi connectivity index (χ1v) is 7.75. The monoisotopic (exact) mass is 291 g/mol. The molecular weight excluding hydrogens is 269 g/mol. The van der Waals surface area contributed by atoms with Crippen molar-refractivity contribution in [2.45, 2.75) is 44.6 Å². The van der Waals surface area contributed by atoms with Gasteiger partial charge in [0.05, 0.1) is 5.69 Å². The smallest absolute Gasteiger partial charge is 0.170 e. The van der Waals surface area contributed by atoms with Crippen molar-refractivity contribution in [2.24, 2.45) is 16.8 Å². The summed E-state index contributed by atoms with van der Waals surface area (Å²) in [4.78, 5) is 2.22. The van der Waals surface area contributed by atoms with Crippen molar-refractivity contribution in [2.75, 3.05) is 11.4 Å². The quantitative estimate of drug-likeness (QED) is 0.389. The summed E-state index contributed by atoms with van der Waals surface area (Å²) in [5.74, 6) is 0.355. The van der Waals surface area contributed by atoms with Gasteiger partial charge in [0, 0.05) is 18.2 Å². The molecule has 0 amide bonds. The molecule has 2 aliphatic rings. The molecular formula is C16H22FN3O. The highest BCUT2D eigenvalue weighted by molar-refractivity contribution is 5.97. The third-order valence-corrected chi connectivity index (χ3v) is 4.90. The predicted molar refractivity (Wildman–Crippen MR) is 81.2 cm³/mol. The van der Waals surface area contributed by atoms with Crippen molar-refractivity contribution in [1.82, 2.24) is 0 Å². The molecule has 3 N–H and O–H groups in total. The number of nitrogens with zero attached hydrogens (tertiary/aromatic N) is 2. The van der Waals surface area contributed by atoms with Gasteiger partial charge in [-0.2, -0.15) is 0 Å². The molecule has 1 aliphatic heterocycles. The van der Waals surface area contributed by atoms with Gasteiger partial charge in [-0.25, -0.2) is 4.39 Å². The van der Waals surface area contributed by atoms with Crippen molar-refractivity contribution in [3.8, 4) is 0 Å². The highest BCUT2D eigenvalue weighted by atomic mass is 19.1. The minimum atomic E-state index is -0.288. The van der Waals surface area contributed by atoms with E-state index in [1.165, 1.54) is 31.7 Å². The van der Waals surface area contributed by atoms with Gasteiger partial charge in [-0.15, -0.1) is 0 Å². The van der Waals surface area contributed by atoms with Gasteiger partial charge in [0.15, 0.2) is 5.84 Å². The van der Waals surface area contributed by atoms with Gasteiger partial charge >= 0.3 is 0 Å². The number of oxime groups is 1. The number of benzene rings is 1. The second-order valence-electron chi connectivity index (χ2n) is 6.10. The molecule has 21 heavy (non-hydrogen) atoms. The molecule has 1 aliphatic carbocycles. The molecule has 1 saturated heterocycles. The maximum Gasteiger partial charge on any atom is 0.170 e. The van der Waals surface area contributed by atoms with Gasteiger partial charge in [0.2, 0.25) is 0 Å². The van der Waals surface area contributed by atoms with Crippen LogP contribution in [0.15, 0.2) is 23.4 Å². The second-order valence-corrected chi connectivity index (χ2v) is 6.10. The zero-order chi connectivity index (χ0) is 14.8. The molecule has 1 saturated carbocycles. The Morgan fingerprint density at radius 1 is 1.24 bits per heavy atom. The molecule has 114 valence electrons. The van der Waals surface area contributed by atoms with Gasteiger partial charge in [-0.05, 0) is 49.8 Å². The van der Waals surface area contributed by atoms with Crippen LogP contribution in [0, 0.1) is 11.7 Å². The first kappa shape index (κ1) is 14.2. The normalized spacial score (nSPS) is 24.0. The topological polar surface area (TPSA) is 61.9 Å². The van der Waals surface area contributed by atoms with Gasteiger partial charge < -0.3 is 15.8 Å². The predicted octanol–water partition coefficient (Wildman–Crippen LogP) is 3.08. The summed E-state index contributed by atoms with van der Waals surface area (Å²) in [5.41, 5.74) is 6.58. The standard InChI is InChI=1S/C16H22FN3O/c17-13-10-12(16(18)19-21)7-8-15(13)20-9-3-6-14(20)11-4-1-2-5-11/h7-8,10-11,14,21H,1-6,9H2,(H2,18,19). The number of hydrogen-bond acceptors (Lipinski definition) is 3.